The van der Waals surface area contributed by atoms with Gasteiger partial charge in [0.25, 0.3) is 0 Å². The first kappa shape index (κ1) is 10.9. The number of hydrogen-bond donors (Lipinski definition) is 2. The molecule has 0 heterocycles. The van der Waals surface area contributed by atoms with E-state index in [1.54, 1.807) is 0 Å². The van der Waals surface area contributed by atoms with Crippen molar-refractivity contribution in [3.05, 3.63) is 0 Å². The summed E-state index contributed by atoms with van der Waals surface area (Å²) in [6, 6.07) is 0. The topological polar surface area (TPSA) is 49.3 Å². The van der Waals surface area contributed by atoms with Crippen molar-refractivity contribution in [3.8, 4) is 0 Å². The number of nitrogens with one attached hydrogen (secondary N) is 1. The molecule has 86 valence electrons. The van der Waals surface area contributed by atoms with Gasteiger partial charge in [0.05, 0.1) is 0 Å². The van der Waals surface area contributed by atoms with Gasteiger partial charge in [-0.3, -0.25) is 4.79 Å². The molecule has 1 unspecified atom stereocenters. The van der Waals surface area contributed by atoms with Gasteiger partial charge in [0.2, 0.25) is 0 Å². The highest BCUT2D eigenvalue weighted by Crippen LogP contribution is 2.51. The molecule has 3 heteroatoms. The zero-order valence-electron chi connectivity index (χ0n) is 9.62. The highest BCUT2D eigenvalue weighted by Gasteiger charge is 2.46. The van der Waals surface area contributed by atoms with E-state index in [0.717, 1.165) is 24.7 Å². The Labute approximate surface area is 91.2 Å². The van der Waals surface area contributed by atoms with E-state index in [-0.39, 0.29) is 0 Å². The number of carboxylic acids is 1. The van der Waals surface area contributed by atoms with E-state index >= 15 is 0 Å². The minimum Gasteiger partial charge on any atom is -0.481 e. The van der Waals surface area contributed by atoms with Crippen LogP contribution < -0.4 is 5.32 Å². The first-order valence-corrected chi connectivity index (χ1v) is 5.93. The van der Waals surface area contributed by atoms with Crippen LogP contribution in [0.3, 0.4) is 0 Å². The Morgan fingerprint density at radius 1 is 1.40 bits per heavy atom. The van der Waals surface area contributed by atoms with Crippen molar-refractivity contribution in [2.45, 2.75) is 44.6 Å². The molecular formula is C12H21NO2. The molecular weight excluding hydrogens is 190 g/mol. The quantitative estimate of drug-likeness (QED) is 0.749. The summed E-state index contributed by atoms with van der Waals surface area (Å²) in [6.45, 7) is 2.29. The predicted molar refractivity (Wildman–Crippen MR) is 58.7 cm³/mol. The predicted octanol–water partition coefficient (Wildman–Crippen LogP) is 1.88. The molecule has 0 saturated heterocycles. The average molecular weight is 211 g/mol. The van der Waals surface area contributed by atoms with Gasteiger partial charge in [-0.2, -0.15) is 0 Å². The summed E-state index contributed by atoms with van der Waals surface area (Å²) in [4.78, 5) is 10.6. The SMILES string of the molecule is CN[C@]1(C)C[C@H]2CC(CC(=O)O)C[C@H]2C1. The Morgan fingerprint density at radius 2 is 1.93 bits per heavy atom. The zero-order chi connectivity index (χ0) is 11.1. The molecule has 3 nitrogen and oxygen atoms in total. The van der Waals surface area contributed by atoms with Crippen LogP contribution in [-0.4, -0.2) is 23.7 Å². The van der Waals surface area contributed by atoms with Crippen LogP contribution in [0.4, 0.5) is 0 Å². The number of carbonyl (C=O) groups is 1. The third-order valence-corrected chi connectivity index (χ3v) is 4.43. The van der Waals surface area contributed by atoms with Gasteiger partial charge >= 0.3 is 5.97 Å². The molecule has 2 aliphatic rings. The van der Waals surface area contributed by atoms with Crippen LogP contribution >= 0.6 is 0 Å². The molecule has 2 aliphatic carbocycles. The zero-order valence-corrected chi connectivity index (χ0v) is 9.62. The molecule has 0 aromatic rings. The van der Waals surface area contributed by atoms with Crippen LogP contribution in [0.15, 0.2) is 0 Å². The molecule has 4 atom stereocenters. The first-order valence-electron chi connectivity index (χ1n) is 5.93. The fraction of sp³-hybridized carbons (Fsp3) is 0.917. The Morgan fingerprint density at radius 3 is 2.33 bits per heavy atom. The molecule has 15 heavy (non-hydrogen) atoms. The second-order valence-electron chi connectivity index (χ2n) is 5.67. The Bertz CT molecular complexity index is 250. The van der Waals surface area contributed by atoms with Crippen LogP contribution in [0.5, 0.6) is 0 Å². The van der Waals surface area contributed by atoms with Crippen molar-refractivity contribution in [1.82, 2.24) is 5.32 Å². The van der Waals surface area contributed by atoms with E-state index in [4.69, 9.17) is 5.11 Å². The molecule has 2 rings (SSSR count). The van der Waals surface area contributed by atoms with Gasteiger partial charge in [0.15, 0.2) is 0 Å². The average Bonchev–Trinajstić information content (AvgIpc) is 2.58. The number of aliphatic carboxylic acids is 1. The molecule has 0 radical (unpaired) electrons. The van der Waals surface area contributed by atoms with Gasteiger partial charge in [-0.05, 0) is 57.4 Å². The highest BCUT2D eigenvalue weighted by molar-refractivity contribution is 5.67. The number of hydrogen-bond acceptors (Lipinski definition) is 2. The number of fused-ring (bicyclic) bond motifs is 1. The fourth-order valence-electron chi connectivity index (χ4n) is 3.70. The van der Waals surface area contributed by atoms with E-state index < -0.39 is 5.97 Å². The van der Waals surface area contributed by atoms with Crippen molar-refractivity contribution in [2.24, 2.45) is 17.8 Å². The van der Waals surface area contributed by atoms with Gasteiger partial charge in [-0.25, -0.2) is 0 Å². The first-order chi connectivity index (χ1) is 7.02. The molecule has 0 aromatic carbocycles. The van der Waals surface area contributed by atoms with E-state index in [2.05, 4.69) is 12.2 Å². The lowest BCUT2D eigenvalue weighted by molar-refractivity contribution is -0.138. The van der Waals surface area contributed by atoms with Crippen molar-refractivity contribution < 1.29 is 9.90 Å². The van der Waals surface area contributed by atoms with E-state index in [9.17, 15) is 4.79 Å². The maximum absolute atomic E-state index is 10.6. The standard InChI is InChI=1S/C12H21NO2/c1-12(13-2)6-9-3-8(5-11(14)15)4-10(9)7-12/h8-10,13H,3-7H2,1-2H3,(H,14,15)/t8?,9-,10+,12-. The van der Waals surface area contributed by atoms with Gasteiger partial charge in [0, 0.05) is 12.0 Å². The maximum Gasteiger partial charge on any atom is 0.303 e. The number of carboxylic acid groups (broad SMARTS) is 1. The summed E-state index contributed by atoms with van der Waals surface area (Å²) < 4.78 is 0. The molecule has 2 fully saturated rings. The highest BCUT2D eigenvalue weighted by atomic mass is 16.4. The second-order valence-corrected chi connectivity index (χ2v) is 5.67. The largest absolute Gasteiger partial charge is 0.481 e. The summed E-state index contributed by atoms with van der Waals surface area (Å²) in [5.41, 5.74) is 0.309. The van der Waals surface area contributed by atoms with Crippen molar-refractivity contribution in [2.75, 3.05) is 7.05 Å². The third kappa shape index (κ3) is 2.17. The smallest absolute Gasteiger partial charge is 0.303 e. The summed E-state index contributed by atoms with van der Waals surface area (Å²) in [6.07, 6.45) is 5.10. The van der Waals surface area contributed by atoms with Crippen LogP contribution in [0, 0.1) is 17.8 Å². The Balaban J connectivity index is 1.90. The third-order valence-electron chi connectivity index (χ3n) is 4.43. The lowest BCUT2D eigenvalue weighted by Crippen LogP contribution is -2.37. The van der Waals surface area contributed by atoms with E-state index in [1.165, 1.54) is 12.8 Å². The lowest BCUT2D eigenvalue weighted by atomic mass is 9.92. The monoisotopic (exact) mass is 211 g/mol. The molecule has 0 aliphatic heterocycles. The summed E-state index contributed by atoms with van der Waals surface area (Å²) >= 11 is 0. The van der Waals surface area contributed by atoms with Crippen LogP contribution in [0.25, 0.3) is 0 Å². The Hall–Kier alpha value is -0.570. The van der Waals surface area contributed by atoms with E-state index in [1.807, 2.05) is 7.05 Å². The minimum absolute atomic E-state index is 0.309. The molecule has 0 spiro atoms. The Kier molecular flexibility index (Phi) is 2.75. The minimum atomic E-state index is -0.628. The number of rotatable bonds is 3. The second kappa shape index (κ2) is 3.78. The van der Waals surface area contributed by atoms with Gasteiger partial charge < -0.3 is 10.4 Å². The lowest BCUT2D eigenvalue weighted by Gasteiger charge is -2.25. The summed E-state index contributed by atoms with van der Waals surface area (Å²) in [5.74, 6) is 1.36. The fourth-order valence-corrected chi connectivity index (χ4v) is 3.70. The molecule has 2 saturated carbocycles. The van der Waals surface area contributed by atoms with E-state index in [0.29, 0.717) is 17.9 Å². The van der Waals surface area contributed by atoms with Crippen molar-refractivity contribution in [3.63, 3.8) is 0 Å². The normalized spacial score (nSPS) is 44.3. The van der Waals surface area contributed by atoms with Gasteiger partial charge in [0.1, 0.15) is 0 Å². The van der Waals surface area contributed by atoms with Crippen molar-refractivity contribution >= 4 is 5.97 Å². The van der Waals surface area contributed by atoms with Crippen LogP contribution in [-0.2, 0) is 4.79 Å². The maximum atomic E-state index is 10.6. The van der Waals surface area contributed by atoms with Crippen LogP contribution in [0.2, 0.25) is 0 Å². The molecule has 0 aromatic heterocycles. The summed E-state index contributed by atoms with van der Waals surface area (Å²) in [5, 5.41) is 12.2. The molecule has 0 amide bonds. The van der Waals surface area contributed by atoms with Gasteiger partial charge in [-0.15, -0.1) is 0 Å². The molecule has 2 N–H and O–H groups in total. The molecule has 0 bridgehead atoms. The van der Waals surface area contributed by atoms with Crippen LogP contribution in [0.1, 0.15) is 39.0 Å². The van der Waals surface area contributed by atoms with Crippen molar-refractivity contribution in [1.29, 1.82) is 0 Å². The van der Waals surface area contributed by atoms with Gasteiger partial charge in [-0.1, -0.05) is 0 Å². The summed E-state index contributed by atoms with van der Waals surface area (Å²) in [7, 11) is 2.04.